The second-order valence-corrected chi connectivity index (χ2v) is 9.50. The molecule has 0 atom stereocenters. The van der Waals surface area contributed by atoms with E-state index in [2.05, 4.69) is 10.0 Å². The molecule has 0 aliphatic rings. The fourth-order valence-electron chi connectivity index (χ4n) is 2.91. The Bertz CT molecular complexity index is 1170. The molecular formula is C22H20Cl2N2O3S. The standard InChI is InChI=1S/C22H20Cl2N2O3S/c1-14-3-4-15(2)16(9-14)10-22(27)25-19-5-7-21(8-6-19)30(28,29)26-20-12-17(23)11-18(24)13-20/h3-9,11-13,26H,10H2,1-2H3,(H,25,27). The highest BCUT2D eigenvalue weighted by Gasteiger charge is 2.15. The molecule has 3 aromatic carbocycles. The van der Waals surface area contributed by atoms with E-state index >= 15 is 0 Å². The number of rotatable bonds is 6. The van der Waals surface area contributed by atoms with Crippen LogP contribution in [0, 0.1) is 13.8 Å². The molecule has 0 unspecified atom stereocenters. The molecule has 3 aromatic rings. The molecule has 0 fully saturated rings. The Morgan fingerprint density at radius 1 is 0.867 bits per heavy atom. The molecule has 0 aliphatic heterocycles. The summed E-state index contributed by atoms with van der Waals surface area (Å²) in [5.74, 6) is -0.175. The van der Waals surface area contributed by atoms with Crippen LogP contribution in [0.3, 0.4) is 0 Å². The number of halogens is 2. The van der Waals surface area contributed by atoms with Crippen LogP contribution in [0.4, 0.5) is 11.4 Å². The second-order valence-electron chi connectivity index (χ2n) is 6.94. The van der Waals surface area contributed by atoms with Gasteiger partial charge in [0.05, 0.1) is 17.0 Å². The van der Waals surface area contributed by atoms with Crippen molar-refractivity contribution in [1.82, 2.24) is 0 Å². The van der Waals surface area contributed by atoms with Gasteiger partial charge in [-0.2, -0.15) is 0 Å². The number of nitrogens with one attached hydrogen (secondary N) is 2. The first-order valence-corrected chi connectivity index (χ1v) is 11.3. The number of amides is 1. The minimum atomic E-state index is -3.83. The summed E-state index contributed by atoms with van der Waals surface area (Å²) in [6.07, 6.45) is 0.241. The SMILES string of the molecule is Cc1ccc(C)c(CC(=O)Nc2ccc(S(=O)(=O)Nc3cc(Cl)cc(Cl)c3)cc2)c1. The molecule has 0 bridgehead atoms. The summed E-state index contributed by atoms with van der Waals surface area (Å²) in [5.41, 5.74) is 3.86. The number of benzene rings is 3. The summed E-state index contributed by atoms with van der Waals surface area (Å²) in [4.78, 5) is 12.4. The Morgan fingerprint density at radius 3 is 2.13 bits per heavy atom. The quantitative estimate of drug-likeness (QED) is 0.500. The number of sulfonamides is 1. The van der Waals surface area contributed by atoms with Gasteiger partial charge in [0, 0.05) is 15.7 Å². The highest BCUT2D eigenvalue weighted by atomic mass is 35.5. The minimum Gasteiger partial charge on any atom is -0.326 e. The van der Waals surface area contributed by atoms with Crippen molar-refractivity contribution in [2.75, 3.05) is 10.0 Å². The average molecular weight is 463 g/mol. The van der Waals surface area contributed by atoms with Gasteiger partial charge in [0.25, 0.3) is 10.0 Å². The smallest absolute Gasteiger partial charge is 0.261 e. The number of anilines is 2. The van der Waals surface area contributed by atoms with Crippen LogP contribution in [0.15, 0.2) is 65.6 Å². The third-order valence-electron chi connectivity index (χ3n) is 4.42. The molecule has 0 saturated heterocycles. The maximum atomic E-state index is 12.6. The summed E-state index contributed by atoms with van der Waals surface area (Å²) in [5, 5.41) is 3.43. The van der Waals surface area contributed by atoms with Crippen LogP contribution < -0.4 is 10.0 Å². The van der Waals surface area contributed by atoms with Crippen LogP contribution in [0.5, 0.6) is 0 Å². The summed E-state index contributed by atoms with van der Waals surface area (Å²) in [6, 6.07) is 16.3. The van der Waals surface area contributed by atoms with E-state index in [-0.39, 0.29) is 22.9 Å². The molecule has 5 nitrogen and oxygen atoms in total. The second kappa shape index (κ2) is 9.08. The van der Waals surface area contributed by atoms with E-state index in [9.17, 15) is 13.2 Å². The Kier molecular flexibility index (Phi) is 6.71. The van der Waals surface area contributed by atoms with Gasteiger partial charge in [-0.25, -0.2) is 8.42 Å². The molecule has 0 aromatic heterocycles. The number of hydrogen-bond donors (Lipinski definition) is 2. The van der Waals surface area contributed by atoms with E-state index in [1.54, 1.807) is 12.1 Å². The monoisotopic (exact) mass is 462 g/mol. The largest absolute Gasteiger partial charge is 0.326 e. The molecule has 2 N–H and O–H groups in total. The number of hydrogen-bond acceptors (Lipinski definition) is 3. The molecule has 0 saturated carbocycles. The lowest BCUT2D eigenvalue weighted by Gasteiger charge is -2.11. The molecule has 0 aliphatic carbocycles. The van der Waals surface area contributed by atoms with Crippen molar-refractivity contribution in [2.45, 2.75) is 25.2 Å². The van der Waals surface area contributed by atoms with Crippen LogP contribution in [-0.2, 0) is 21.2 Å². The van der Waals surface area contributed by atoms with Gasteiger partial charge >= 0.3 is 0 Å². The Balaban J connectivity index is 1.69. The van der Waals surface area contributed by atoms with Crippen LogP contribution in [-0.4, -0.2) is 14.3 Å². The molecule has 1 amide bonds. The maximum absolute atomic E-state index is 12.6. The van der Waals surface area contributed by atoms with Gasteiger partial charge in [0.1, 0.15) is 0 Å². The summed E-state index contributed by atoms with van der Waals surface area (Å²) >= 11 is 11.8. The van der Waals surface area contributed by atoms with Crippen molar-refractivity contribution in [3.63, 3.8) is 0 Å². The zero-order chi connectivity index (χ0) is 21.9. The Hall–Kier alpha value is -2.54. The van der Waals surface area contributed by atoms with Gasteiger partial charge in [0.15, 0.2) is 0 Å². The molecule has 30 heavy (non-hydrogen) atoms. The average Bonchev–Trinajstić information content (AvgIpc) is 2.64. The number of carbonyl (C=O) groups is 1. The van der Waals surface area contributed by atoms with Crippen molar-refractivity contribution in [3.05, 3.63) is 87.4 Å². The lowest BCUT2D eigenvalue weighted by molar-refractivity contribution is -0.115. The predicted octanol–water partition coefficient (Wildman–Crippen LogP) is 5.59. The predicted molar refractivity (Wildman–Crippen MR) is 122 cm³/mol. The van der Waals surface area contributed by atoms with E-state index in [4.69, 9.17) is 23.2 Å². The highest BCUT2D eigenvalue weighted by molar-refractivity contribution is 7.92. The molecule has 3 rings (SSSR count). The van der Waals surface area contributed by atoms with E-state index in [1.807, 2.05) is 32.0 Å². The van der Waals surface area contributed by atoms with Gasteiger partial charge in [-0.15, -0.1) is 0 Å². The van der Waals surface area contributed by atoms with Crippen LogP contribution in [0.1, 0.15) is 16.7 Å². The zero-order valence-electron chi connectivity index (χ0n) is 16.4. The first kappa shape index (κ1) is 22.2. The Morgan fingerprint density at radius 2 is 1.50 bits per heavy atom. The van der Waals surface area contributed by atoms with E-state index < -0.39 is 10.0 Å². The van der Waals surface area contributed by atoms with Gasteiger partial charge in [0.2, 0.25) is 5.91 Å². The highest BCUT2D eigenvalue weighted by Crippen LogP contribution is 2.25. The third-order valence-corrected chi connectivity index (χ3v) is 6.25. The van der Waals surface area contributed by atoms with Crippen LogP contribution >= 0.6 is 23.2 Å². The number of carbonyl (C=O) groups excluding carboxylic acids is 1. The fourth-order valence-corrected chi connectivity index (χ4v) is 4.48. The van der Waals surface area contributed by atoms with E-state index in [0.717, 1.165) is 16.7 Å². The normalized spacial score (nSPS) is 11.2. The van der Waals surface area contributed by atoms with Crippen molar-refractivity contribution in [1.29, 1.82) is 0 Å². The molecule has 0 spiro atoms. The molecule has 0 radical (unpaired) electrons. The van der Waals surface area contributed by atoms with Gasteiger partial charge in [-0.05, 0) is 67.4 Å². The summed E-state index contributed by atoms with van der Waals surface area (Å²) in [7, 11) is -3.83. The molecule has 8 heteroatoms. The van der Waals surface area contributed by atoms with Gasteiger partial charge < -0.3 is 5.32 Å². The Labute approximate surface area is 186 Å². The molecule has 0 heterocycles. The lowest BCUT2D eigenvalue weighted by atomic mass is 10.0. The minimum absolute atomic E-state index is 0.0473. The van der Waals surface area contributed by atoms with Crippen molar-refractivity contribution >= 4 is 50.5 Å². The summed E-state index contributed by atoms with van der Waals surface area (Å²) < 4.78 is 27.6. The first-order chi connectivity index (χ1) is 14.1. The molecular weight excluding hydrogens is 443 g/mol. The van der Waals surface area contributed by atoms with Crippen LogP contribution in [0.2, 0.25) is 10.0 Å². The van der Waals surface area contributed by atoms with Crippen molar-refractivity contribution in [3.8, 4) is 0 Å². The molecule has 156 valence electrons. The van der Waals surface area contributed by atoms with Crippen LogP contribution in [0.25, 0.3) is 0 Å². The maximum Gasteiger partial charge on any atom is 0.261 e. The third kappa shape index (κ3) is 5.75. The van der Waals surface area contributed by atoms with Crippen molar-refractivity contribution < 1.29 is 13.2 Å². The first-order valence-electron chi connectivity index (χ1n) is 9.07. The number of aryl methyl sites for hydroxylation is 2. The fraction of sp³-hybridized carbons (Fsp3) is 0.136. The lowest BCUT2D eigenvalue weighted by Crippen LogP contribution is -2.16. The van der Waals surface area contributed by atoms with Crippen molar-refractivity contribution in [2.24, 2.45) is 0 Å². The van der Waals surface area contributed by atoms with E-state index in [1.165, 1.54) is 30.3 Å². The van der Waals surface area contributed by atoms with Gasteiger partial charge in [-0.1, -0.05) is 47.0 Å². The summed E-state index contributed by atoms with van der Waals surface area (Å²) in [6.45, 7) is 3.94. The van der Waals surface area contributed by atoms with E-state index in [0.29, 0.717) is 15.7 Å². The topological polar surface area (TPSA) is 75.3 Å². The van der Waals surface area contributed by atoms with Gasteiger partial charge in [-0.3, -0.25) is 9.52 Å². The zero-order valence-corrected chi connectivity index (χ0v) is 18.7.